The minimum Gasteiger partial charge on any atom is -0.326 e. The zero-order valence-electron chi connectivity index (χ0n) is 15.1. The lowest BCUT2D eigenvalue weighted by Crippen LogP contribution is -2.28. The number of aryl methyl sites for hydroxylation is 2. The monoisotopic (exact) mass is 387 g/mol. The topological polar surface area (TPSA) is 110 Å². The normalized spacial score (nSPS) is 17.2. The lowest BCUT2D eigenvalue weighted by Gasteiger charge is -2.17. The second kappa shape index (κ2) is 7.13. The Bertz CT molecular complexity index is 980. The highest BCUT2D eigenvalue weighted by atomic mass is 32.2. The van der Waals surface area contributed by atoms with Crippen LogP contribution in [0.15, 0.2) is 47.4 Å². The van der Waals surface area contributed by atoms with E-state index in [1.54, 1.807) is 30.9 Å². The Morgan fingerprint density at radius 1 is 1.15 bits per heavy atom. The first-order valence-corrected chi connectivity index (χ1v) is 10.0. The molecule has 142 valence electrons. The van der Waals surface area contributed by atoms with Crippen molar-refractivity contribution in [3.05, 3.63) is 53.6 Å². The lowest BCUT2D eigenvalue weighted by atomic mass is 10.1. The maximum absolute atomic E-state index is 12.6. The van der Waals surface area contributed by atoms with E-state index in [1.807, 2.05) is 30.3 Å². The first-order chi connectivity index (χ1) is 12.7. The number of nitrogens with zero attached hydrogens (tertiary/aromatic N) is 1. The van der Waals surface area contributed by atoms with Gasteiger partial charge in [-0.05, 0) is 49.2 Å². The molecular weight excluding hydrogens is 366 g/mol. The summed E-state index contributed by atoms with van der Waals surface area (Å²) in [6.07, 6.45) is 0.133. The van der Waals surface area contributed by atoms with E-state index in [0.717, 1.165) is 5.69 Å². The van der Waals surface area contributed by atoms with Crippen LogP contribution in [0.3, 0.4) is 0 Å². The van der Waals surface area contributed by atoms with Gasteiger partial charge in [-0.2, -0.15) is 0 Å². The SMILES string of the molecule is Cc1cc(NC(=O)C2CC(=O)N(c3ccccc3)C2)cc(C)c1S(N)(=O)=O. The van der Waals surface area contributed by atoms with Crippen molar-refractivity contribution in [2.45, 2.75) is 25.2 Å². The fraction of sp³-hybridized carbons (Fsp3) is 0.263. The molecule has 2 aromatic rings. The van der Waals surface area contributed by atoms with Crippen molar-refractivity contribution >= 4 is 33.2 Å². The van der Waals surface area contributed by atoms with Gasteiger partial charge in [-0.15, -0.1) is 0 Å². The number of hydrogen-bond acceptors (Lipinski definition) is 4. The molecule has 0 spiro atoms. The molecule has 1 heterocycles. The van der Waals surface area contributed by atoms with Crippen LogP contribution in [0.5, 0.6) is 0 Å². The highest BCUT2D eigenvalue weighted by Crippen LogP contribution is 2.27. The van der Waals surface area contributed by atoms with E-state index < -0.39 is 15.9 Å². The second-order valence-electron chi connectivity index (χ2n) is 6.71. The van der Waals surface area contributed by atoms with Gasteiger partial charge in [-0.1, -0.05) is 18.2 Å². The number of anilines is 2. The molecule has 3 rings (SSSR count). The molecule has 8 heteroatoms. The quantitative estimate of drug-likeness (QED) is 0.835. The molecule has 0 saturated carbocycles. The molecule has 2 aromatic carbocycles. The summed E-state index contributed by atoms with van der Waals surface area (Å²) in [6.45, 7) is 3.55. The highest BCUT2D eigenvalue weighted by Gasteiger charge is 2.35. The Hall–Kier alpha value is -2.71. The molecule has 3 N–H and O–H groups in total. The number of rotatable bonds is 4. The second-order valence-corrected chi connectivity index (χ2v) is 8.21. The number of sulfonamides is 1. The third kappa shape index (κ3) is 4.01. The number of primary sulfonamides is 1. The first kappa shape index (κ1) is 19.1. The Kier molecular flexibility index (Phi) is 5.03. The van der Waals surface area contributed by atoms with E-state index in [0.29, 0.717) is 23.4 Å². The molecule has 1 aliphatic rings. The zero-order chi connectivity index (χ0) is 19.8. The summed E-state index contributed by atoms with van der Waals surface area (Å²) < 4.78 is 23.3. The Morgan fingerprint density at radius 3 is 2.30 bits per heavy atom. The average Bonchev–Trinajstić information content (AvgIpc) is 2.95. The molecule has 0 radical (unpaired) electrons. The standard InChI is InChI=1S/C19H21N3O4S/c1-12-8-15(9-13(2)18(12)27(20,25)26)21-19(24)14-10-17(23)22(11-14)16-6-4-3-5-7-16/h3-9,14H,10-11H2,1-2H3,(H,21,24)(H2,20,25,26). The third-order valence-corrected chi connectivity index (χ3v) is 5.79. The average molecular weight is 387 g/mol. The lowest BCUT2D eigenvalue weighted by molar-refractivity contribution is -0.122. The van der Waals surface area contributed by atoms with Gasteiger partial charge in [0.05, 0.1) is 10.8 Å². The van der Waals surface area contributed by atoms with Crippen molar-refractivity contribution in [2.75, 3.05) is 16.8 Å². The molecule has 1 unspecified atom stereocenters. The number of amides is 2. The summed E-state index contributed by atoms with van der Waals surface area (Å²) in [4.78, 5) is 26.5. The minimum absolute atomic E-state index is 0.0618. The van der Waals surface area contributed by atoms with Crippen LogP contribution in [0.4, 0.5) is 11.4 Å². The van der Waals surface area contributed by atoms with Crippen LogP contribution in [-0.2, 0) is 19.6 Å². The molecule has 0 aliphatic carbocycles. The predicted molar refractivity (Wildman–Crippen MR) is 103 cm³/mol. The van der Waals surface area contributed by atoms with Gasteiger partial charge >= 0.3 is 0 Å². The smallest absolute Gasteiger partial charge is 0.238 e. The van der Waals surface area contributed by atoms with E-state index in [1.165, 1.54) is 0 Å². The molecule has 1 fully saturated rings. The third-order valence-electron chi connectivity index (χ3n) is 4.58. The van der Waals surface area contributed by atoms with Crippen LogP contribution in [-0.4, -0.2) is 26.8 Å². The van der Waals surface area contributed by atoms with Crippen molar-refractivity contribution in [1.29, 1.82) is 0 Å². The van der Waals surface area contributed by atoms with Crippen LogP contribution in [0.2, 0.25) is 0 Å². The number of benzene rings is 2. The van der Waals surface area contributed by atoms with Crippen molar-refractivity contribution < 1.29 is 18.0 Å². The van der Waals surface area contributed by atoms with Gasteiger partial charge in [-0.25, -0.2) is 13.6 Å². The summed E-state index contributed by atoms with van der Waals surface area (Å²) in [6, 6.07) is 12.3. The van der Waals surface area contributed by atoms with Crippen LogP contribution < -0.4 is 15.4 Å². The number of para-hydroxylation sites is 1. The van der Waals surface area contributed by atoms with E-state index in [2.05, 4.69) is 5.32 Å². The summed E-state index contributed by atoms with van der Waals surface area (Å²) in [5.41, 5.74) is 2.16. The Morgan fingerprint density at radius 2 is 1.74 bits per heavy atom. The van der Waals surface area contributed by atoms with Gasteiger partial charge in [0.1, 0.15) is 0 Å². The summed E-state index contributed by atoms with van der Waals surface area (Å²) in [5, 5.41) is 8.02. The molecule has 0 aromatic heterocycles. The van der Waals surface area contributed by atoms with Gasteiger partial charge in [0.25, 0.3) is 0 Å². The van der Waals surface area contributed by atoms with Gasteiger partial charge < -0.3 is 10.2 Å². The van der Waals surface area contributed by atoms with Crippen LogP contribution in [0.25, 0.3) is 0 Å². The summed E-state index contributed by atoms with van der Waals surface area (Å²) in [7, 11) is -3.83. The van der Waals surface area contributed by atoms with Crippen molar-refractivity contribution in [2.24, 2.45) is 11.1 Å². The number of carbonyl (C=O) groups excluding carboxylic acids is 2. The predicted octanol–water partition coefficient (Wildman–Crippen LogP) is 1.94. The van der Waals surface area contributed by atoms with Crippen LogP contribution in [0, 0.1) is 19.8 Å². The molecule has 2 amide bonds. The van der Waals surface area contributed by atoms with Gasteiger partial charge in [0.15, 0.2) is 0 Å². The molecular formula is C19H21N3O4S. The van der Waals surface area contributed by atoms with Crippen molar-refractivity contribution in [3.63, 3.8) is 0 Å². The molecule has 1 atom stereocenters. The fourth-order valence-electron chi connectivity index (χ4n) is 3.46. The highest BCUT2D eigenvalue weighted by molar-refractivity contribution is 7.89. The van der Waals surface area contributed by atoms with E-state index in [9.17, 15) is 18.0 Å². The minimum atomic E-state index is -3.83. The summed E-state index contributed by atoms with van der Waals surface area (Å²) in [5.74, 6) is -0.849. The zero-order valence-corrected chi connectivity index (χ0v) is 15.9. The first-order valence-electron chi connectivity index (χ1n) is 8.47. The molecule has 0 bridgehead atoms. The maximum atomic E-state index is 12.6. The van der Waals surface area contributed by atoms with E-state index >= 15 is 0 Å². The van der Waals surface area contributed by atoms with Crippen molar-refractivity contribution in [3.8, 4) is 0 Å². The van der Waals surface area contributed by atoms with E-state index in [-0.39, 0.29) is 23.1 Å². The maximum Gasteiger partial charge on any atom is 0.238 e. The van der Waals surface area contributed by atoms with Crippen LogP contribution >= 0.6 is 0 Å². The summed E-state index contributed by atoms with van der Waals surface area (Å²) >= 11 is 0. The molecule has 1 aliphatic heterocycles. The Labute approximate surface area is 158 Å². The van der Waals surface area contributed by atoms with Gasteiger partial charge in [0.2, 0.25) is 21.8 Å². The fourth-order valence-corrected chi connectivity index (χ4v) is 4.47. The molecule has 1 saturated heterocycles. The van der Waals surface area contributed by atoms with Crippen LogP contribution in [0.1, 0.15) is 17.5 Å². The van der Waals surface area contributed by atoms with Gasteiger partial charge in [-0.3, -0.25) is 9.59 Å². The van der Waals surface area contributed by atoms with Gasteiger partial charge in [0, 0.05) is 24.3 Å². The van der Waals surface area contributed by atoms with E-state index in [4.69, 9.17) is 5.14 Å². The Balaban J connectivity index is 1.76. The molecule has 27 heavy (non-hydrogen) atoms. The number of hydrogen-bond donors (Lipinski definition) is 2. The molecule has 7 nitrogen and oxygen atoms in total. The number of nitrogens with one attached hydrogen (secondary N) is 1. The number of nitrogens with two attached hydrogens (primary N) is 1. The van der Waals surface area contributed by atoms with Crippen molar-refractivity contribution in [1.82, 2.24) is 0 Å². The number of carbonyl (C=O) groups is 2. The largest absolute Gasteiger partial charge is 0.326 e.